The monoisotopic (exact) mass is 418 g/mol. The number of rotatable bonds is 6. The Morgan fingerprint density at radius 2 is 2.00 bits per heavy atom. The standard InChI is InChI=1S/C22H22N6OS/c1-14-10-16(8-9-23-14)21-17-12-24-20(11-18(17)27-28-21)26-22(29)25-19(13-30-2)15-6-4-3-5-7-15/h3-12,19H,13H2,1-2H3,(H,27,28)(H2,24,25,26,29)/t19-/m1/s1. The first kappa shape index (κ1) is 19.9. The number of benzene rings is 1. The molecular weight excluding hydrogens is 396 g/mol. The molecule has 0 fully saturated rings. The second kappa shape index (κ2) is 8.96. The number of pyridine rings is 2. The van der Waals surface area contributed by atoms with Crippen molar-refractivity contribution in [2.24, 2.45) is 0 Å². The van der Waals surface area contributed by atoms with Gasteiger partial charge >= 0.3 is 6.03 Å². The highest BCUT2D eigenvalue weighted by molar-refractivity contribution is 7.98. The summed E-state index contributed by atoms with van der Waals surface area (Å²) >= 11 is 1.68. The summed E-state index contributed by atoms with van der Waals surface area (Å²) in [7, 11) is 0. The first-order valence-corrected chi connectivity index (χ1v) is 10.9. The first-order valence-electron chi connectivity index (χ1n) is 9.52. The number of fused-ring (bicyclic) bond motifs is 1. The van der Waals surface area contributed by atoms with Gasteiger partial charge in [-0.05, 0) is 30.9 Å². The minimum Gasteiger partial charge on any atom is -0.330 e. The van der Waals surface area contributed by atoms with Crippen LogP contribution in [-0.4, -0.2) is 38.2 Å². The summed E-state index contributed by atoms with van der Waals surface area (Å²) < 4.78 is 0. The minimum atomic E-state index is -0.297. The van der Waals surface area contributed by atoms with Crippen molar-refractivity contribution in [1.82, 2.24) is 25.5 Å². The lowest BCUT2D eigenvalue weighted by Crippen LogP contribution is -2.34. The number of hydrogen-bond donors (Lipinski definition) is 3. The van der Waals surface area contributed by atoms with E-state index < -0.39 is 0 Å². The molecule has 0 saturated heterocycles. The average Bonchev–Trinajstić information content (AvgIpc) is 3.17. The van der Waals surface area contributed by atoms with Crippen LogP contribution in [0.4, 0.5) is 10.6 Å². The quantitative estimate of drug-likeness (QED) is 0.427. The normalized spacial score (nSPS) is 11.9. The molecule has 0 radical (unpaired) electrons. The fourth-order valence-corrected chi connectivity index (χ4v) is 3.89. The van der Waals surface area contributed by atoms with Gasteiger partial charge in [0.25, 0.3) is 0 Å². The Hall–Kier alpha value is -3.39. The van der Waals surface area contributed by atoms with Crippen LogP contribution < -0.4 is 10.6 Å². The van der Waals surface area contributed by atoms with E-state index in [0.29, 0.717) is 5.82 Å². The number of thioether (sulfide) groups is 1. The zero-order chi connectivity index (χ0) is 20.9. The van der Waals surface area contributed by atoms with E-state index in [4.69, 9.17) is 0 Å². The van der Waals surface area contributed by atoms with Gasteiger partial charge in [0.2, 0.25) is 0 Å². The molecular formula is C22H22N6OS. The van der Waals surface area contributed by atoms with Crippen LogP contribution >= 0.6 is 11.8 Å². The lowest BCUT2D eigenvalue weighted by Gasteiger charge is -2.18. The predicted octanol–water partition coefficient (Wildman–Crippen LogP) is 4.55. The molecule has 3 heterocycles. The maximum atomic E-state index is 12.6. The molecule has 0 aliphatic rings. The molecule has 3 aromatic heterocycles. The molecule has 0 unspecified atom stereocenters. The van der Waals surface area contributed by atoms with E-state index in [0.717, 1.165) is 39.2 Å². The lowest BCUT2D eigenvalue weighted by molar-refractivity contribution is 0.249. The van der Waals surface area contributed by atoms with Gasteiger partial charge in [0.15, 0.2) is 0 Å². The van der Waals surface area contributed by atoms with Crippen molar-refractivity contribution in [3.63, 3.8) is 0 Å². The van der Waals surface area contributed by atoms with Crippen LogP contribution in [0, 0.1) is 6.92 Å². The molecule has 1 aromatic carbocycles. The van der Waals surface area contributed by atoms with Crippen molar-refractivity contribution in [1.29, 1.82) is 0 Å². The Bertz CT molecular complexity index is 1160. The summed E-state index contributed by atoms with van der Waals surface area (Å²) in [5.74, 6) is 1.23. The van der Waals surface area contributed by atoms with Crippen LogP contribution in [0.3, 0.4) is 0 Å². The number of hydrogen-bond acceptors (Lipinski definition) is 5. The average molecular weight is 419 g/mol. The highest BCUT2D eigenvalue weighted by Crippen LogP contribution is 2.27. The number of anilines is 1. The van der Waals surface area contributed by atoms with Crippen molar-refractivity contribution in [3.05, 3.63) is 72.2 Å². The smallest absolute Gasteiger partial charge is 0.320 e. The van der Waals surface area contributed by atoms with E-state index in [1.807, 2.05) is 55.6 Å². The van der Waals surface area contributed by atoms with Crippen molar-refractivity contribution in [2.75, 3.05) is 17.3 Å². The Kier molecular flexibility index (Phi) is 5.94. The van der Waals surface area contributed by atoms with Gasteiger partial charge in [-0.3, -0.25) is 15.4 Å². The summed E-state index contributed by atoms with van der Waals surface area (Å²) in [5.41, 5.74) is 4.56. The number of aryl methyl sites for hydroxylation is 1. The van der Waals surface area contributed by atoms with Gasteiger partial charge in [-0.25, -0.2) is 9.78 Å². The number of carbonyl (C=O) groups excluding carboxylic acids is 1. The summed E-state index contributed by atoms with van der Waals surface area (Å²) in [5, 5.41) is 14.2. The van der Waals surface area contributed by atoms with E-state index in [1.165, 1.54) is 0 Å². The van der Waals surface area contributed by atoms with Gasteiger partial charge in [-0.1, -0.05) is 30.3 Å². The van der Waals surface area contributed by atoms with Crippen molar-refractivity contribution in [3.8, 4) is 11.3 Å². The zero-order valence-electron chi connectivity index (χ0n) is 16.7. The number of aromatic nitrogens is 4. The van der Waals surface area contributed by atoms with Gasteiger partial charge < -0.3 is 5.32 Å². The van der Waals surface area contributed by atoms with Crippen LogP contribution in [0.2, 0.25) is 0 Å². The van der Waals surface area contributed by atoms with E-state index in [2.05, 4.69) is 30.8 Å². The molecule has 4 aromatic rings. The SMILES string of the molecule is CSC[C@@H](NC(=O)Nc1cc2[nH]nc(-c3ccnc(C)c3)c2cn1)c1ccccc1. The van der Waals surface area contributed by atoms with Crippen LogP contribution in [0.5, 0.6) is 0 Å². The summed E-state index contributed by atoms with van der Waals surface area (Å²) in [6.45, 7) is 1.94. The predicted molar refractivity (Wildman–Crippen MR) is 122 cm³/mol. The van der Waals surface area contributed by atoms with Crippen LogP contribution in [-0.2, 0) is 0 Å². The third-order valence-corrected chi connectivity index (χ3v) is 5.37. The molecule has 0 aliphatic heterocycles. The number of urea groups is 1. The lowest BCUT2D eigenvalue weighted by atomic mass is 10.1. The van der Waals surface area contributed by atoms with Gasteiger partial charge in [0.05, 0.1) is 11.6 Å². The highest BCUT2D eigenvalue weighted by Gasteiger charge is 2.15. The molecule has 152 valence electrons. The summed E-state index contributed by atoms with van der Waals surface area (Å²) in [6, 6.07) is 15.2. The molecule has 0 bridgehead atoms. The van der Waals surface area contributed by atoms with Crippen LogP contribution in [0.15, 0.2) is 60.9 Å². The van der Waals surface area contributed by atoms with Crippen molar-refractivity contribution < 1.29 is 4.79 Å². The molecule has 4 rings (SSSR count). The van der Waals surface area contributed by atoms with E-state index in [9.17, 15) is 4.79 Å². The van der Waals surface area contributed by atoms with E-state index in [1.54, 1.807) is 30.2 Å². The number of carbonyl (C=O) groups is 1. The molecule has 7 nitrogen and oxygen atoms in total. The molecule has 0 saturated carbocycles. The molecule has 0 aliphatic carbocycles. The minimum absolute atomic E-state index is 0.0846. The second-order valence-electron chi connectivity index (χ2n) is 6.89. The molecule has 2 amide bonds. The van der Waals surface area contributed by atoms with E-state index in [-0.39, 0.29) is 12.1 Å². The number of nitrogens with zero attached hydrogens (tertiary/aromatic N) is 3. The molecule has 0 spiro atoms. The largest absolute Gasteiger partial charge is 0.330 e. The van der Waals surface area contributed by atoms with Gasteiger partial charge in [-0.2, -0.15) is 16.9 Å². The number of H-pyrrole nitrogens is 1. The summed E-state index contributed by atoms with van der Waals surface area (Å²) in [6.07, 6.45) is 5.50. The first-order chi connectivity index (χ1) is 14.6. The fraction of sp³-hybridized carbons (Fsp3) is 0.182. The zero-order valence-corrected chi connectivity index (χ0v) is 17.5. The molecule has 1 atom stereocenters. The van der Waals surface area contributed by atoms with Gasteiger partial charge in [0.1, 0.15) is 11.5 Å². The third kappa shape index (κ3) is 4.44. The van der Waals surface area contributed by atoms with Crippen molar-refractivity contribution >= 4 is 34.5 Å². The molecule has 30 heavy (non-hydrogen) atoms. The van der Waals surface area contributed by atoms with Crippen molar-refractivity contribution in [2.45, 2.75) is 13.0 Å². The summed E-state index contributed by atoms with van der Waals surface area (Å²) in [4.78, 5) is 21.2. The highest BCUT2D eigenvalue weighted by atomic mass is 32.2. The Labute approximate surface area is 178 Å². The fourth-order valence-electron chi connectivity index (χ4n) is 3.28. The number of aromatic amines is 1. The Balaban J connectivity index is 1.50. The number of amides is 2. The Morgan fingerprint density at radius 1 is 1.17 bits per heavy atom. The maximum absolute atomic E-state index is 12.6. The maximum Gasteiger partial charge on any atom is 0.320 e. The Morgan fingerprint density at radius 3 is 2.77 bits per heavy atom. The molecule has 8 heteroatoms. The number of nitrogens with one attached hydrogen (secondary N) is 3. The van der Waals surface area contributed by atoms with E-state index >= 15 is 0 Å². The van der Waals surface area contributed by atoms with Crippen LogP contribution in [0.1, 0.15) is 17.3 Å². The molecule has 3 N–H and O–H groups in total. The van der Waals surface area contributed by atoms with Gasteiger partial charge in [0, 0.05) is 40.9 Å². The topological polar surface area (TPSA) is 95.6 Å². The van der Waals surface area contributed by atoms with Crippen LogP contribution in [0.25, 0.3) is 22.2 Å². The van der Waals surface area contributed by atoms with Gasteiger partial charge in [-0.15, -0.1) is 0 Å². The third-order valence-electron chi connectivity index (χ3n) is 4.70. The second-order valence-corrected chi connectivity index (χ2v) is 7.80.